The molecule has 0 aromatic carbocycles. The van der Waals surface area contributed by atoms with Crippen molar-refractivity contribution in [1.82, 2.24) is 19.6 Å². The molecule has 24 heavy (non-hydrogen) atoms. The molecule has 1 unspecified atom stereocenters. The number of aromatic nitrogens is 4. The summed E-state index contributed by atoms with van der Waals surface area (Å²) in [6.07, 6.45) is -3.22. The highest BCUT2D eigenvalue weighted by Crippen LogP contribution is 2.28. The lowest BCUT2D eigenvalue weighted by molar-refractivity contribution is -0.141. The van der Waals surface area contributed by atoms with Crippen LogP contribution in [-0.2, 0) is 24.6 Å². The molecule has 0 saturated carbocycles. The van der Waals surface area contributed by atoms with Crippen LogP contribution in [0.4, 0.5) is 19.0 Å². The quantitative estimate of drug-likeness (QED) is 0.923. The molecule has 2 aromatic heterocycles. The van der Waals surface area contributed by atoms with Crippen LogP contribution in [0.25, 0.3) is 0 Å². The van der Waals surface area contributed by atoms with E-state index in [-0.39, 0.29) is 17.9 Å². The van der Waals surface area contributed by atoms with Crippen molar-refractivity contribution in [3.8, 4) is 6.07 Å². The molecule has 2 heterocycles. The van der Waals surface area contributed by atoms with E-state index in [0.29, 0.717) is 5.69 Å². The molecule has 2 aromatic rings. The van der Waals surface area contributed by atoms with Crippen LogP contribution < -0.4 is 5.32 Å². The number of aryl methyl sites for hydroxylation is 2. The number of halogens is 3. The van der Waals surface area contributed by atoms with Gasteiger partial charge in [0.15, 0.2) is 5.69 Å². The normalized spacial score (nSPS) is 12.7. The number of carbonyl (C=O) groups excluding carboxylic acids is 1. The summed E-state index contributed by atoms with van der Waals surface area (Å²) in [7, 11) is 1.56. The Morgan fingerprint density at radius 2 is 2.17 bits per heavy atom. The topological polar surface area (TPSA) is 88.5 Å². The Hall–Kier alpha value is -2.83. The molecule has 7 nitrogen and oxygen atoms in total. The summed E-state index contributed by atoms with van der Waals surface area (Å²) < 4.78 is 40.5. The largest absolute Gasteiger partial charge is 0.435 e. The van der Waals surface area contributed by atoms with E-state index in [1.165, 1.54) is 17.8 Å². The van der Waals surface area contributed by atoms with Gasteiger partial charge in [0.25, 0.3) is 0 Å². The number of carbonyl (C=O) groups is 1. The smallest absolute Gasteiger partial charge is 0.310 e. The first-order valence-corrected chi connectivity index (χ1v) is 6.98. The summed E-state index contributed by atoms with van der Waals surface area (Å²) >= 11 is 0. The van der Waals surface area contributed by atoms with Gasteiger partial charge in [0.2, 0.25) is 5.91 Å². The molecular weight excluding hydrogens is 325 g/mol. The maximum absolute atomic E-state index is 12.7. The second-order valence-corrected chi connectivity index (χ2v) is 5.38. The summed E-state index contributed by atoms with van der Waals surface area (Å²) in [5, 5.41) is 18.9. The molecule has 1 N–H and O–H groups in total. The van der Waals surface area contributed by atoms with Gasteiger partial charge in [0.1, 0.15) is 17.5 Å². The number of hydrogen-bond acceptors (Lipinski definition) is 4. The molecule has 0 aliphatic heterocycles. The standard InChI is InChI=1S/C14H15F3N6O/c1-8(7-23-9(2)4-11(21-23)14(15,16)17)13(24)20-12-10(5-18)6-19-22(12)3/h4,6,8H,7H2,1-3H3,(H,20,24). The van der Waals surface area contributed by atoms with Crippen LogP contribution in [0.15, 0.2) is 12.3 Å². The van der Waals surface area contributed by atoms with Gasteiger partial charge >= 0.3 is 6.18 Å². The van der Waals surface area contributed by atoms with Gasteiger partial charge in [-0.15, -0.1) is 0 Å². The molecule has 1 atom stereocenters. The van der Waals surface area contributed by atoms with Crippen molar-refractivity contribution >= 4 is 11.7 Å². The SMILES string of the molecule is Cc1cc(C(F)(F)F)nn1CC(C)C(=O)Nc1c(C#N)cnn1C. The van der Waals surface area contributed by atoms with Crippen molar-refractivity contribution in [1.29, 1.82) is 5.26 Å². The summed E-state index contributed by atoms with van der Waals surface area (Å²) in [5.74, 6) is -0.868. The third-order valence-electron chi connectivity index (χ3n) is 3.47. The van der Waals surface area contributed by atoms with E-state index >= 15 is 0 Å². The number of nitrogens with zero attached hydrogens (tertiary/aromatic N) is 5. The van der Waals surface area contributed by atoms with Gasteiger partial charge in [0, 0.05) is 12.7 Å². The van der Waals surface area contributed by atoms with Gasteiger partial charge in [0.05, 0.1) is 18.7 Å². The summed E-state index contributed by atoms with van der Waals surface area (Å²) in [6, 6.07) is 2.83. The van der Waals surface area contributed by atoms with Gasteiger partial charge in [-0.3, -0.25) is 14.2 Å². The highest BCUT2D eigenvalue weighted by Gasteiger charge is 2.34. The molecule has 0 bridgehead atoms. The third kappa shape index (κ3) is 3.56. The van der Waals surface area contributed by atoms with Gasteiger partial charge in [-0.2, -0.15) is 28.6 Å². The lowest BCUT2D eigenvalue weighted by Crippen LogP contribution is -2.26. The average Bonchev–Trinajstić information content (AvgIpc) is 3.03. The van der Waals surface area contributed by atoms with Gasteiger partial charge in [-0.05, 0) is 13.0 Å². The molecule has 128 valence electrons. The molecule has 0 fully saturated rings. The van der Waals surface area contributed by atoms with Crippen molar-refractivity contribution in [3.63, 3.8) is 0 Å². The molecule has 0 saturated heterocycles. The second-order valence-electron chi connectivity index (χ2n) is 5.38. The van der Waals surface area contributed by atoms with Crippen LogP contribution in [0.5, 0.6) is 0 Å². The number of rotatable bonds is 4. The first-order valence-electron chi connectivity index (χ1n) is 6.98. The molecule has 0 radical (unpaired) electrons. The third-order valence-corrected chi connectivity index (χ3v) is 3.47. The van der Waals surface area contributed by atoms with E-state index in [0.717, 1.165) is 10.7 Å². The molecule has 0 spiro atoms. The van der Waals surface area contributed by atoms with Crippen molar-refractivity contribution in [2.24, 2.45) is 13.0 Å². The van der Waals surface area contributed by atoms with Crippen LogP contribution in [-0.4, -0.2) is 25.5 Å². The van der Waals surface area contributed by atoms with E-state index in [1.807, 2.05) is 6.07 Å². The van der Waals surface area contributed by atoms with Crippen molar-refractivity contribution in [2.75, 3.05) is 5.32 Å². The summed E-state index contributed by atoms with van der Waals surface area (Å²) in [6.45, 7) is 3.03. The van der Waals surface area contributed by atoms with E-state index < -0.39 is 23.7 Å². The van der Waals surface area contributed by atoms with Gasteiger partial charge in [-0.1, -0.05) is 6.92 Å². The van der Waals surface area contributed by atoms with Gasteiger partial charge in [-0.25, -0.2) is 0 Å². The van der Waals surface area contributed by atoms with Crippen LogP contribution >= 0.6 is 0 Å². The Morgan fingerprint density at radius 3 is 2.71 bits per heavy atom. The lowest BCUT2D eigenvalue weighted by atomic mass is 10.1. The van der Waals surface area contributed by atoms with Crippen molar-refractivity contribution in [2.45, 2.75) is 26.6 Å². The maximum Gasteiger partial charge on any atom is 0.435 e. The van der Waals surface area contributed by atoms with Crippen LogP contribution in [0.1, 0.15) is 23.9 Å². The zero-order valence-electron chi connectivity index (χ0n) is 13.2. The monoisotopic (exact) mass is 340 g/mol. The van der Waals surface area contributed by atoms with Crippen LogP contribution in [0, 0.1) is 24.2 Å². The molecule has 1 amide bonds. The minimum absolute atomic E-state index is 0.0204. The minimum atomic E-state index is -4.53. The van der Waals surface area contributed by atoms with E-state index in [9.17, 15) is 18.0 Å². The molecule has 0 aliphatic carbocycles. The highest BCUT2D eigenvalue weighted by molar-refractivity contribution is 5.92. The van der Waals surface area contributed by atoms with Crippen LogP contribution in [0.3, 0.4) is 0 Å². The van der Waals surface area contributed by atoms with Crippen molar-refractivity contribution < 1.29 is 18.0 Å². The zero-order chi connectivity index (χ0) is 18.1. The molecule has 10 heteroatoms. The van der Waals surface area contributed by atoms with Crippen LogP contribution in [0.2, 0.25) is 0 Å². The molecule has 2 rings (SSSR count). The second kappa shape index (κ2) is 6.35. The van der Waals surface area contributed by atoms with E-state index in [1.54, 1.807) is 14.0 Å². The number of nitriles is 1. The van der Waals surface area contributed by atoms with E-state index in [4.69, 9.17) is 5.26 Å². The number of anilines is 1. The number of hydrogen-bond donors (Lipinski definition) is 1. The lowest BCUT2D eigenvalue weighted by Gasteiger charge is -2.13. The fraction of sp³-hybridized carbons (Fsp3) is 0.429. The fourth-order valence-corrected chi connectivity index (χ4v) is 2.08. The van der Waals surface area contributed by atoms with Gasteiger partial charge < -0.3 is 5.32 Å². The first kappa shape index (κ1) is 17.5. The summed E-state index contributed by atoms with van der Waals surface area (Å²) in [5.41, 5.74) is -0.487. The predicted molar refractivity (Wildman–Crippen MR) is 77.7 cm³/mol. The molecule has 0 aliphatic rings. The Balaban J connectivity index is 2.11. The fourth-order valence-electron chi connectivity index (χ4n) is 2.08. The van der Waals surface area contributed by atoms with Crippen molar-refractivity contribution in [3.05, 3.63) is 29.2 Å². The van der Waals surface area contributed by atoms with E-state index in [2.05, 4.69) is 15.5 Å². The number of amides is 1. The Bertz CT molecular complexity index is 799. The highest BCUT2D eigenvalue weighted by atomic mass is 19.4. The summed E-state index contributed by atoms with van der Waals surface area (Å²) in [4.78, 5) is 12.2. The maximum atomic E-state index is 12.7. The number of alkyl halides is 3. The Labute approximate surface area is 135 Å². The predicted octanol–water partition coefficient (Wildman–Crippen LogP) is 2.09. The molecular formula is C14H15F3N6O. The minimum Gasteiger partial charge on any atom is -0.310 e. The zero-order valence-corrected chi connectivity index (χ0v) is 13.2. The average molecular weight is 340 g/mol. The Kier molecular flexibility index (Phi) is 4.64. The number of nitrogens with one attached hydrogen (secondary N) is 1. The Morgan fingerprint density at radius 1 is 1.50 bits per heavy atom. The first-order chi connectivity index (χ1) is 11.1.